The molecular formula is C21H20ClN3O3. The Kier molecular flexibility index (Phi) is 4.96. The van der Waals surface area contributed by atoms with Crippen molar-refractivity contribution >= 4 is 17.3 Å². The number of anilines is 1. The zero-order chi connectivity index (χ0) is 19.7. The molecule has 0 saturated carbocycles. The maximum absolute atomic E-state index is 12.1. The number of hydrogen-bond donors (Lipinski definition) is 1. The van der Waals surface area contributed by atoms with Crippen LogP contribution in [0.15, 0.2) is 47.5 Å². The molecule has 1 aliphatic heterocycles. The molecule has 4 rings (SSSR count). The lowest BCUT2D eigenvalue weighted by molar-refractivity contribution is 0.306. The Morgan fingerprint density at radius 1 is 1.14 bits per heavy atom. The van der Waals surface area contributed by atoms with Crippen molar-refractivity contribution in [2.24, 2.45) is 7.05 Å². The van der Waals surface area contributed by atoms with Gasteiger partial charge in [-0.2, -0.15) is 0 Å². The first-order valence-electron chi connectivity index (χ1n) is 9.07. The summed E-state index contributed by atoms with van der Waals surface area (Å²) in [6.45, 7) is 0.502. The first kappa shape index (κ1) is 18.4. The lowest BCUT2D eigenvalue weighted by atomic mass is 10.1. The highest BCUT2D eigenvalue weighted by Crippen LogP contribution is 2.39. The van der Waals surface area contributed by atoms with Crippen LogP contribution in [0.2, 0.25) is 5.02 Å². The normalized spacial score (nSPS) is 13.6. The maximum atomic E-state index is 12.1. The fourth-order valence-electron chi connectivity index (χ4n) is 3.22. The molecule has 3 heterocycles. The van der Waals surface area contributed by atoms with Crippen molar-refractivity contribution in [3.8, 4) is 28.5 Å². The Bertz CT molecular complexity index is 1090. The average molecular weight is 398 g/mol. The molecule has 0 atom stereocenters. The van der Waals surface area contributed by atoms with E-state index < -0.39 is 0 Å². The summed E-state index contributed by atoms with van der Waals surface area (Å²) in [6.07, 6.45) is 5.80. The molecule has 144 valence electrons. The van der Waals surface area contributed by atoms with Crippen molar-refractivity contribution in [3.63, 3.8) is 0 Å². The van der Waals surface area contributed by atoms with Crippen LogP contribution in [0.1, 0.15) is 18.4 Å². The number of nitrogens with zero attached hydrogens (tertiary/aromatic N) is 2. The lowest BCUT2D eigenvalue weighted by Crippen LogP contribution is -2.16. The maximum Gasteiger partial charge on any atom is 0.254 e. The molecule has 2 aromatic heterocycles. The molecule has 0 bridgehead atoms. The number of aromatic nitrogens is 2. The third kappa shape index (κ3) is 3.68. The summed E-state index contributed by atoms with van der Waals surface area (Å²) >= 11 is 6.18. The quantitative estimate of drug-likeness (QED) is 0.615. The highest BCUT2D eigenvalue weighted by Gasteiger charge is 2.18. The van der Waals surface area contributed by atoms with Crippen LogP contribution in [0.4, 0.5) is 5.69 Å². The van der Waals surface area contributed by atoms with Crippen molar-refractivity contribution in [2.75, 3.05) is 12.3 Å². The lowest BCUT2D eigenvalue weighted by Gasteiger charge is -2.18. The van der Waals surface area contributed by atoms with E-state index in [1.807, 2.05) is 12.1 Å². The van der Waals surface area contributed by atoms with E-state index in [0.29, 0.717) is 45.8 Å². The Balaban J connectivity index is 1.92. The molecular weight excluding hydrogens is 378 g/mol. The van der Waals surface area contributed by atoms with Crippen LogP contribution in [-0.2, 0) is 13.5 Å². The van der Waals surface area contributed by atoms with Gasteiger partial charge in [0.2, 0.25) is 5.88 Å². The van der Waals surface area contributed by atoms with Crippen LogP contribution in [0, 0.1) is 0 Å². The minimum atomic E-state index is -0.148. The minimum absolute atomic E-state index is 0.148. The Hall–Kier alpha value is -2.99. The second-order valence-corrected chi connectivity index (χ2v) is 7.22. The van der Waals surface area contributed by atoms with Crippen LogP contribution in [0.25, 0.3) is 11.1 Å². The van der Waals surface area contributed by atoms with Gasteiger partial charge in [-0.1, -0.05) is 11.6 Å². The summed E-state index contributed by atoms with van der Waals surface area (Å²) in [5.41, 5.74) is 8.71. The summed E-state index contributed by atoms with van der Waals surface area (Å²) in [6, 6.07) is 8.82. The molecule has 6 nitrogen and oxygen atoms in total. The largest absolute Gasteiger partial charge is 0.493 e. The minimum Gasteiger partial charge on any atom is -0.493 e. The van der Waals surface area contributed by atoms with Gasteiger partial charge in [0.1, 0.15) is 11.5 Å². The highest BCUT2D eigenvalue weighted by atomic mass is 35.5. The topological polar surface area (TPSA) is 79.4 Å². The van der Waals surface area contributed by atoms with Gasteiger partial charge in [-0.15, -0.1) is 0 Å². The second-order valence-electron chi connectivity index (χ2n) is 6.78. The van der Waals surface area contributed by atoms with Crippen LogP contribution in [0.3, 0.4) is 0 Å². The van der Waals surface area contributed by atoms with Crippen molar-refractivity contribution in [3.05, 3.63) is 63.7 Å². The van der Waals surface area contributed by atoms with Gasteiger partial charge in [0.25, 0.3) is 5.56 Å². The number of nitrogens with two attached hydrogens (primary N) is 1. The molecule has 0 radical (unpaired) electrons. The van der Waals surface area contributed by atoms with E-state index in [4.69, 9.17) is 26.8 Å². The van der Waals surface area contributed by atoms with Crippen LogP contribution in [0.5, 0.6) is 17.4 Å². The van der Waals surface area contributed by atoms with E-state index >= 15 is 0 Å². The number of benzene rings is 1. The summed E-state index contributed by atoms with van der Waals surface area (Å²) in [5.74, 6) is 1.59. The van der Waals surface area contributed by atoms with Crippen LogP contribution < -0.4 is 20.8 Å². The molecule has 0 unspecified atom stereocenters. The smallest absolute Gasteiger partial charge is 0.254 e. The Morgan fingerprint density at radius 3 is 2.86 bits per heavy atom. The Labute approximate surface area is 167 Å². The number of pyridine rings is 2. The molecule has 7 heteroatoms. The number of ether oxygens (including phenoxy) is 2. The predicted molar refractivity (Wildman–Crippen MR) is 109 cm³/mol. The van der Waals surface area contributed by atoms with E-state index in [-0.39, 0.29) is 5.56 Å². The zero-order valence-corrected chi connectivity index (χ0v) is 16.2. The van der Waals surface area contributed by atoms with Gasteiger partial charge in [-0.3, -0.25) is 4.79 Å². The third-order valence-electron chi connectivity index (χ3n) is 4.68. The van der Waals surface area contributed by atoms with Gasteiger partial charge < -0.3 is 19.8 Å². The predicted octanol–water partition coefficient (Wildman–Crippen LogP) is 4.19. The third-order valence-corrected chi connectivity index (χ3v) is 4.92. The Morgan fingerprint density at radius 2 is 2.00 bits per heavy atom. The number of rotatable bonds is 0. The summed E-state index contributed by atoms with van der Waals surface area (Å²) in [4.78, 5) is 16.5. The number of hydrogen-bond acceptors (Lipinski definition) is 5. The molecule has 0 aliphatic carbocycles. The summed E-state index contributed by atoms with van der Waals surface area (Å²) < 4.78 is 13.6. The van der Waals surface area contributed by atoms with Crippen molar-refractivity contribution in [1.29, 1.82) is 0 Å². The van der Waals surface area contributed by atoms with Crippen LogP contribution in [-0.4, -0.2) is 16.2 Å². The van der Waals surface area contributed by atoms with Gasteiger partial charge in [-0.25, -0.2) is 4.98 Å². The van der Waals surface area contributed by atoms with Gasteiger partial charge >= 0.3 is 0 Å². The highest BCUT2D eigenvalue weighted by molar-refractivity contribution is 6.30. The van der Waals surface area contributed by atoms with E-state index in [9.17, 15) is 4.79 Å². The monoisotopic (exact) mass is 397 g/mol. The zero-order valence-electron chi connectivity index (χ0n) is 15.4. The SMILES string of the molecule is Cn1cc2c(cc1=O)OCCCCc1cc(Cl)ccc1Oc1ncc(N)cc1-2. The molecule has 0 amide bonds. The van der Waals surface area contributed by atoms with E-state index in [1.54, 1.807) is 31.6 Å². The van der Waals surface area contributed by atoms with Gasteiger partial charge in [0.05, 0.1) is 24.1 Å². The number of aryl methyl sites for hydroxylation is 2. The number of nitrogen functional groups attached to an aromatic ring is 1. The second kappa shape index (κ2) is 7.56. The molecule has 1 aromatic carbocycles. The molecule has 1 aliphatic rings. The van der Waals surface area contributed by atoms with Gasteiger partial charge in [0, 0.05) is 29.9 Å². The summed E-state index contributed by atoms with van der Waals surface area (Å²) in [7, 11) is 1.69. The van der Waals surface area contributed by atoms with E-state index in [0.717, 1.165) is 24.8 Å². The van der Waals surface area contributed by atoms with Gasteiger partial charge in [-0.05, 0) is 49.1 Å². The fraction of sp³-hybridized carbons (Fsp3) is 0.238. The molecule has 0 spiro atoms. The molecule has 3 aromatic rings. The molecule has 28 heavy (non-hydrogen) atoms. The first-order chi connectivity index (χ1) is 13.5. The van der Waals surface area contributed by atoms with E-state index in [1.165, 1.54) is 10.6 Å². The fourth-order valence-corrected chi connectivity index (χ4v) is 3.42. The van der Waals surface area contributed by atoms with Crippen LogP contribution >= 0.6 is 11.6 Å². The number of fused-ring (bicyclic) bond motifs is 4. The van der Waals surface area contributed by atoms with E-state index in [2.05, 4.69) is 4.98 Å². The standard InChI is InChI=1S/C21H20ClN3O3/c1-25-12-17-16-9-15(23)11-24-21(16)28-18-6-5-14(22)8-13(18)4-2-3-7-27-19(17)10-20(25)26/h5-6,8-12H,2-4,7,23H2,1H3. The van der Waals surface area contributed by atoms with Crippen molar-refractivity contribution < 1.29 is 9.47 Å². The first-order valence-corrected chi connectivity index (χ1v) is 9.45. The molecule has 2 N–H and O–H groups in total. The summed E-state index contributed by atoms with van der Waals surface area (Å²) in [5, 5.41) is 0.663. The van der Waals surface area contributed by atoms with Crippen molar-refractivity contribution in [1.82, 2.24) is 9.55 Å². The van der Waals surface area contributed by atoms with Gasteiger partial charge in [0.15, 0.2) is 0 Å². The average Bonchev–Trinajstić information content (AvgIpc) is 2.66. The number of halogens is 1. The van der Waals surface area contributed by atoms with Crippen molar-refractivity contribution in [2.45, 2.75) is 19.3 Å². The molecule has 0 fully saturated rings. The molecule has 0 saturated heterocycles.